The normalized spacial score (nSPS) is 15.2. The molecule has 0 aliphatic carbocycles. The molecule has 1 aromatic heterocycles. The van der Waals surface area contributed by atoms with Crippen LogP contribution in [0.2, 0.25) is 0 Å². The van der Waals surface area contributed by atoms with Crippen molar-refractivity contribution < 1.29 is 22.4 Å². The van der Waals surface area contributed by atoms with Crippen LogP contribution in [0.1, 0.15) is 17.0 Å². The molecule has 0 spiro atoms. The summed E-state index contributed by atoms with van der Waals surface area (Å²) in [6, 6.07) is 15.1. The molecule has 1 aliphatic rings. The average molecular weight is 497 g/mol. The number of hydrogen-bond acceptors (Lipinski definition) is 4. The van der Waals surface area contributed by atoms with Gasteiger partial charge in [0.1, 0.15) is 11.6 Å². The van der Waals surface area contributed by atoms with E-state index < -0.39 is 29.3 Å². The Kier molecular flexibility index (Phi) is 5.83. The Bertz CT molecular complexity index is 1530. The van der Waals surface area contributed by atoms with Gasteiger partial charge in [0.25, 0.3) is 0 Å². The van der Waals surface area contributed by atoms with Gasteiger partial charge in [-0.1, -0.05) is 24.3 Å². The molecular formula is C25H19F4N5O2. The Morgan fingerprint density at radius 1 is 1.03 bits per heavy atom. The summed E-state index contributed by atoms with van der Waals surface area (Å²) >= 11 is 0. The standard InChI is InChI=1S/C25H19F4N5O2/c26-19-9-8-16(25(27,28)29)11-21(19)32-23(35)31-17-5-3-4-14(10-17)15-12-30-22-18-6-1-2-7-20(18)33-24(36)34(22)13-15/h1-11,15,30H,12-13H2,(H2,31,32,35). The summed E-state index contributed by atoms with van der Waals surface area (Å²) in [5.41, 5.74) is -0.273. The molecule has 0 bridgehead atoms. The van der Waals surface area contributed by atoms with Crippen LogP contribution in [-0.2, 0) is 12.7 Å². The van der Waals surface area contributed by atoms with Crippen LogP contribution in [0.15, 0.2) is 71.5 Å². The highest BCUT2D eigenvalue weighted by molar-refractivity contribution is 6.00. The molecule has 2 heterocycles. The number of nitrogens with one attached hydrogen (secondary N) is 3. The molecule has 0 saturated carbocycles. The lowest BCUT2D eigenvalue weighted by Crippen LogP contribution is -2.35. The summed E-state index contributed by atoms with van der Waals surface area (Å²) in [6.45, 7) is 0.892. The number of benzene rings is 3. The predicted molar refractivity (Wildman–Crippen MR) is 128 cm³/mol. The number of carbonyl (C=O) groups excluding carboxylic acids is 1. The van der Waals surface area contributed by atoms with Crippen LogP contribution >= 0.6 is 0 Å². The van der Waals surface area contributed by atoms with Crippen LogP contribution < -0.4 is 21.6 Å². The van der Waals surface area contributed by atoms with Gasteiger partial charge in [-0.15, -0.1) is 0 Å². The SMILES string of the molecule is O=C(Nc1cccc(C2CNc3c4ccccc4nc(=O)n3C2)c1)Nc1cc(C(F)(F)F)ccc1F. The van der Waals surface area contributed by atoms with E-state index in [-0.39, 0.29) is 11.6 Å². The molecule has 1 aliphatic heterocycles. The quantitative estimate of drug-likeness (QED) is 0.331. The number of hydrogen-bond donors (Lipinski definition) is 3. The number of rotatable bonds is 3. The first-order valence-corrected chi connectivity index (χ1v) is 11.0. The maximum Gasteiger partial charge on any atom is 0.416 e. The Morgan fingerprint density at radius 3 is 2.64 bits per heavy atom. The summed E-state index contributed by atoms with van der Waals surface area (Å²) in [5.74, 6) is -0.423. The molecule has 4 aromatic rings. The van der Waals surface area contributed by atoms with Gasteiger partial charge in [0.2, 0.25) is 0 Å². The van der Waals surface area contributed by atoms with E-state index in [4.69, 9.17) is 0 Å². The van der Waals surface area contributed by atoms with Crippen LogP contribution in [-0.4, -0.2) is 22.1 Å². The molecular weight excluding hydrogens is 478 g/mol. The number of nitrogens with zero attached hydrogens (tertiary/aromatic N) is 2. The molecule has 3 N–H and O–H groups in total. The van der Waals surface area contributed by atoms with Gasteiger partial charge in [0.05, 0.1) is 16.8 Å². The number of carbonyl (C=O) groups is 1. The first-order chi connectivity index (χ1) is 17.2. The van der Waals surface area contributed by atoms with Crippen molar-refractivity contribution in [1.29, 1.82) is 0 Å². The highest BCUT2D eigenvalue weighted by Gasteiger charge is 2.31. The lowest BCUT2D eigenvalue weighted by atomic mass is 9.96. The summed E-state index contributed by atoms with van der Waals surface area (Å²) in [7, 11) is 0. The summed E-state index contributed by atoms with van der Waals surface area (Å²) in [4.78, 5) is 29.1. The van der Waals surface area contributed by atoms with E-state index in [0.717, 1.165) is 10.9 Å². The van der Waals surface area contributed by atoms with Crippen LogP contribution in [0.3, 0.4) is 0 Å². The van der Waals surface area contributed by atoms with Gasteiger partial charge in [-0.3, -0.25) is 4.57 Å². The minimum atomic E-state index is -4.68. The molecule has 3 aromatic carbocycles. The van der Waals surface area contributed by atoms with Crippen molar-refractivity contribution in [3.63, 3.8) is 0 Å². The second-order valence-corrected chi connectivity index (χ2v) is 8.35. The van der Waals surface area contributed by atoms with E-state index in [9.17, 15) is 27.2 Å². The minimum Gasteiger partial charge on any atom is -0.370 e. The summed E-state index contributed by atoms with van der Waals surface area (Å²) in [5, 5.41) is 8.77. The number of amides is 2. The highest BCUT2D eigenvalue weighted by atomic mass is 19.4. The molecule has 0 radical (unpaired) electrons. The lowest BCUT2D eigenvalue weighted by molar-refractivity contribution is -0.137. The third-order valence-corrected chi connectivity index (χ3v) is 5.95. The van der Waals surface area contributed by atoms with Gasteiger partial charge >= 0.3 is 17.9 Å². The van der Waals surface area contributed by atoms with Crippen molar-refractivity contribution in [2.75, 3.05) is 22.5 Å². The third kappa shape index (κ3) is 4.59. The van der Waals surface area contributed by atoms with Gasteiger partial charge in [0, 0.05) is 30.1 Å². The van der Waals surface area contributed by atoms with Crippen molar-refractivity contribution in [2.24, 2.45) is 0 Å². The zero-order valence-corrected chi connectivity index (χ0v) is 18.6. The van der Waals surface area contributed by atoms with E-state index in [2.05, 4.69) is 20.9 Å². The van der Waals surface area contributed by atoms with Gasteiger partial charge < -0.3 is 16.0 Å². The first-order valence-electron chi connectivity index (χ1n) is 11.0. The number of alkyl halides is 3. The van der Waals surface area contributed by atoms with Gasteiger partial charge in [0.15, 0.2) is 0 Å². The van der Waals surface area contributed by atoms with Gasteiger partial charge in [-0.05, 0) is 48.0 Å². The summed E-state index contributed by atoms with van der Waals surface area (Å²) < 4.78 is 54.3. The van der Waals surface area contributed by atoms with Crippen molar-refractivity contribution >= 4 is 34.1 Å². The maximum absolute atomic E-state index is 14.0. The Balaban J connectivity index is 1.33. The number of aromatic nitrogens is 2. The van der Waals surface area contributed by atoms with E-state index in [0.29, 0.717) is 48.3 Å². The zero-order valence-electron chi connectivity index (χ0n) is 18.6. The second kappa shape index (κ2) is 8.99. The number of halogens is 4. The molecule has 0 fully saturated rings. The van der Waals surface area contributed by atoms with E-state index >= 15 is 0 Å². The van der Waals surface area contributed by atoms with Crippen LogP contribution in [0.25, 0.3) is 10.9 Å². The second-order valence-electron chi connectivity index (χ2n) is 8.35. The van der Waals surface area contributed by atoms with E-state index in [1.54, 1.807) is 28.8 Å². The Labute approximate surface area is 201 Å². The molecule has 2 amide bonds. The number of urea groups is 1. The van der Waals surface area contributed by atoms with Crippen molar-refractivity contribution in [1.82, 2.24) is 9.55 Å². The smallest absolute Gasteiger partial charge is 0.370 e. The van der Waals surface area contributed by atoms with Crippen molar-refractivity contribution in [2.45, 2.75) is 18.6 Å². The fourth-order valence-electron chi connectivity index (χ4n) is 4.22. The molecule has 36 heavy (non-hydrogen) atoms. The summed E-state index contributed by atoms with van der Waals surface area (Å²) in [6.07, 6.45) is -4.68. The van der Waals surface area contributed by atoms with Crippen LogP contribution in [0, 0.1) is 5.82 Å². The number of fused-ring (bicyclic) bond motifs is 3. The van der Waals surface area contributed by atoms with Gasteiger partial charge in [-0.25, -0.2) is 14.0 Å². The highest BCUT2D eigenvalue weighted by Crippen LogP contribution is 2.32. The topological polar surface area (TPSA) is 88.1 Å². The predicted octanol–water partition coefficient (Wildman–Crippen LogP) is 5.41. The van der Waals surface area contributed by atoms with Gasteiger partial charge in [-0.2, -0.15) is 18.2 Å². The third-order valence-electron chi connectivity index (χ3n) is 5.95. The molecule has 1 atom stereocenters. The molecule has 11 heteroatoms. The Morgan fingerprint density at radius 2 is 1.83 bits per heavy atom. The van der Waals surface area contributed by atoms with E-state index in [1.165, 1.54) is 0 Å². The monoisotopic (exact) mass is 497 g/mol. The van der Waals surface area contributed by atoms with E-state index in [1.807, 2.05) is 24.3 Å². The molecule has 1 unspecified atom stereocenters. The minimum absolute atomic E-state index is 0.121. The van der Waals surface area contributed by atoms with Crippen LogP contribution in [0.4, 0.5) is 39.5 Å². The molecule has 184 valence electrons. The fourth-order valence-corrected chi connectivity index (χ4v) is 4.22. The molecule has 7 nitrogen and oxygen atoms in total. The Hall–Kier alpha value is -4.41. The maximum atomic E-state index is 14.0. The number of para-hydroxylation sites is 1. The first kappa shape index (κ1) is 23.3. The molecule has 5 rings (SSSR count). The fraction of sp³-hybridized carbons (Fsp3) is 0.160. The largest absolute Gasteiger partial charge is 0.416 e. The average Bonchev–Trinajstić information content (AvgIpc) is 2.85. The lowest BCUT2D eigenvalue weighted by Gasteiger charge is -2.28. The molecule has 0 saturated heterocycles. The van der Waals surface area contributed by atoms with Crippen LogP contribution in [0.5, 0.6) is 0 Å². The van der Waals surface area contributed by atoms with Crippen molar-refractivity contribution in [3.8, 4) is 0 Å². The number of anilines is 3. The van der Waals surface area contributed by atoms with Crippen molar-refractivity contribution in [3.05, 3.63) is 94.2 Å². The zero-order chi connectivity index (χ0) is 25.4.